The van der Waals surface area contributed by atoms with Crippen LogP contribution in [0.1, 0.15) is 44.8 Å². The van der Waals surface area contributed by atoms with Crippen molar-refractivity contribution in [2.24, 2.45) is 0 Å². The van der Waals surface area contributed by atoms with Crippen LogP contribution in [0, 0.1) is 67.5 Å². The van der Waals surface area contributed by atoms with E-state index >= 15 is 0 Å². The van der Waals surface area contributed by atoms with Crippen LogP contribution in [-0.2, 0) is 21.1 Å². The Balaban J connectivity index is 0.00000372. The molecule has 6 heteroatoms. The SMILES string of the molecule is Cc1ccnc(-n2c3[c-]c(Oc4[c-]c(-n5nc(C)c(-c6c(C)c(C)c(C)c(C)c6C)c5C)ccc4)ccc3c3ccccc32)c1.[Pt+2]. The van der Waals surface area contributed by atoms with Crippen LogP contribution < -0.4 is 4.74 Å². The third-order valence-electron chi connectivity index (χ3n) is 9.43. The zero-order valence-corrected chi connectivity index (χ0v) is 29.7. The first-order valence-electron chi connectivity index (χ1n) is 15.4. The fourth-order valence-electron chi connectivity index (χ4n) is 6.67. The number of rotatable bonds is 5. The molecule has 0 aliphatic rings. The van der Waals surface area contributed by atoms with Crippen LogP contribution in [0.4, 0.5) is 0 Å². The third kappa shape index (κ3) is 5.07. The third-order valence-corrected chi connectivity index (χ3v) is 9.43. The molecule has 0 amide bonds. The summed E-state index contributed by atoms with van der Waals surface area (Å²) < 4.78 is 10.6. The number of ether oxygens (including phenoxy) is 1. The van der Waals surface area contributed by atoms with Gasteiger partial charge in [-0.15, -0.1) is 35.7 Å². The van der Waals surface area contributed by atoms with E-state index < -0.39 is 0 Å². The van der Waals surface area contributed by atoms with E-state index in [1.165, 1.54) is 38.9 Å². The largest absolute Gasteiger partial charge is 2.00 e. The molecule has 3 aromatic heterocycles. The van der Waals surface area contributed by atoms with Gasteiger partial charge in [0.15, 0.2) is 0 Å². The second-order valence-corrected chi connectivity index (χ2v) is 12.1. The second kappa shape index (κ2) is 12.0. The minimum Gasteiger partial charge on any atom is -0.509 e. The molecule has 3 heterocycles. The molecule has 0 atom stereocenters. The molecule has 0 saturated heterocycles. The van der Waals surface area contributed by atoms with Crippen molar-refractivity contribution >= 4 is 21.8 Å². The van der Waals surface area contributed by atoms with Crippen molar-refractivity contribution in [2.75, 3.05) is 0 Å². The molecule has 0 aliphatic heterocycles. The summed E-state index contributed by atoms with van der Waals surface area (Å²) in [5, 5.41) is 7.25. The summed E-state index contributed by atoms with van der Waals surface area (Å²) in [4.78, 5) is 4.69. The first-order valence-corrected chi connectivity index (χ1v) is 15.4. The molecule has 7 aromatic rings. The van der Waals surface area contributed by atoms with Crippen LogP contribution in [0.3, 0.4) is 0 Å². The summed E-state index contributed by atoms with van der Waals surface area (Å²) in [6.07, 6.45) is 1.85. The van der Waals surface area contributed by atoms with Gasteiger partial charge in [0.05, 0.1) is 5.69 Å². The Labute approximate surface area is 285 Å². The van der Waals surface area contributed by atoms with E-state index in [1.54, 1.807) is 0 Å². The number of pyridine rings is 1. The Bertz CT molecular complexity index is 2260. The number of fused-ring (bicyclic) bond motifs is 3. The molecule has 0 N–H and O–H groups in total. The number of hydrogen-bond donors (Lipinski definition) is 0. The molecule has 0 saturated carbocycles. The van der Waals surface area contributed by atoms with Gasteiger partial charge in [0.25, 0.3) is 0 Å². The number of hydrogen-bond acceptors (Lipinski definition) is 3. The van der Waals surface area contributed by atoms with E-state index in [9.17, 15) is 0 Å². The fraction of sp³-hybridized carbons (Fsp3) is 0.200. The molecule has 0 spiro atoms. The monoisotopic (exact) mass is 783 g/mol. The molecule has 232 valence electrons. The van der Waals surface area contributed by atoms with Gasteiger partial charge >= 0.3 is 21.1 Å². The Hall–Kier alpha value is -4.47. The van der Waals surface area contributed by atoms with Gasteiger partial charge in [0, 0.05) is 34.5 Å². The molecule has 0 aliphatic carbocycles. The molecule has 0 unspecified atom stereocenters. The van der Waals surface area contributed by atoms with E-state index in [2.05, 4.69) is 108 Å². The molecule has 7 rings (SSSR count). The predicted molar refractivity (Wildman–Crippen MR) is 183 cm³/mol. The number of benzene rings is 4. The predicted octanol–water partition coefficient (Wildman–Crippen LogP) is 9.89. The maximum absolute atomic E-state index is 6.42. The standard InChI is InChI=1S/C40H36N4O.Pt/c1-23-18-19-41-38(20-23)43-36-15-10-9-14-34(36)35-17-16-33(22-37(35)43)45-32-13-11-12-31(21-32)44-30(8)40(29(7)42-44)39-27(5)25(3)24(2)26(4)28(39)6;/h9-20H,1-8H3;/q-2;+2. The van der Waals surface area contributed by atoms with Crippen LogP contribution in [0.2, 0.25) is 0 Å². The number of para-hydroxylation sites is 1. The van der Waals surface area contributed by atoms with Gasteiger partial charge in [-0.05, 0) is 124 Å². The van der Waals surface area contributed by atoms with Gasteiger partial charge in [-0.2, -0.15) is 17.2 Å². The van der Waals surface area contributed by atoms with Crippen molar-refractivity contribution in [2.45, 2.75) is 55.4 Å². The maximum atomic E-state index is 6.42. The van der Waals surface area contributed by atoms with Crippen LogP contribution >= 0.6 is 0 Å². The van der Waals surface area contributed by atoms with Crippen LogP contribution in [0.25, 0.3) is 44.4 Å². The fourth-order valence-corrected chi connectivity index (χ4v) is 6.67. The average Bonchev–Trinajstić information content (AvgIpc) is 3.52. The first-order chi connectivity index (χ1) is 21.6. The van der Waals surface area contributed by atoms with Crippen LogP contribution in [0.5, 0.6) is 11.5 Å². The summed E-state index contributed by atoms with van der Waals surface area (Å²) in [5.74, 6) is 2.06. The van der Waals surface area contributed by atoms with Gasteiger partial charge in [-0.3, -0.25) is 4.68 Å². The Morgan fingerprint density at radius 3 is 2.09 bits per heavy atom. The Morgan fingerprint density at radius 2 is 1.35 bits per heavy atom. The second-order valence-electron chi connectivity index (χ2n) is 12.1. The minimum atomic E-state index is 0. The molecule has 0 bridgehead atoms. The molecular formula is C40H36N4OPt. The van der Waals surface area contributed by atoms with Crippen LogP contribution in [0.15, 0.2) is 72.9 Å². The zero-order chi connectivity index (χ0) is 31.6. The molecule has 0 fully saturated rings. The number of aromatic nitrogens is 4. The summed E-state index contributed by atoms with van der Waals surface area (Å²) in [6, 6.07) is 29.5. The molecule has 46 heavy (non-hydrogen) atoms. The maximum Gasteiger partial charge on any atom is 2.00 e. The number of aryl methyl sites for hydroxylation is 2. The van der Waals surface area contributed by atoms with Gasteiger partial charge in [-0.25, -0.2) is 4.98 Å². The first kappa shape index (κ1) is 31.5. The van der Waals surface area contributed by atoms with E-state index in [0.717, 1.165) is 50.3 Å². The quantitative estimate of drug-likeness (QED) is 0.163. The van der Waals surface area contributed by atoms with Crippen molar-refractivity contribution in [1.29, 1.82) is 0 Å². The van der Waals surface area contributed by atoms with Crippen molar-refractivity contribution < 1.29 is 25.8 Å². The average molecular weight is 784 g/mol. The summed E-state index contributed by atoms with van der Waals surface area (Å²) in [5.41, 5.74) is 15.2. The van der Waals surface area contributed by atoms with E-state index in [1.807, 2.05) is 41.2 Å². The van der Waals surface area contributed by atoms with Gasteiger partial charge in [0.2, 0.25) is 0 Å². The van der Waals surface area contributed by atoms with Crippen molar-refractivity contribution in [3.8, 4) is 34.1 Å². The van der Waals surface area contributed by atoms with E-state index in [0.29, 0.717) is 11.5 Å². The topological polar surface area (TPSA) is 44.9 Å². The van der Waals surface area contributed by atoms with E-state index in [-0.39, 0.29) is 21.1 Å². The molecule has 0 radical (unpaired) electrons. The van der Waals surface area contributed by atoms with Gasteiger partial charge in [0.1, 0.15) is 5.82 Å². The minimum absolute atomic E-state index is 0. The molecule has 5 nitrogen and oxygen atoms in total. The zero-order valence-electron chi connectivity index (χ0n) is 27.4. The van der Waals surface area contributed by atoms with Crippen molar-refractivity contribution in [1.82, 2.24) is 19.3 Å². The Kier molecular flexibility index (Phi) is 8.25. The molecular weight excluding hydrogens is 748 g/mol. The van der Waals surface area contributed by atoms with Gasteiger partial charge < -0.3 is 9.30 Å². The van der Waals surface area contributed by atoms with Crippen LogP contribution in [-0.4, -0.2) is 19.3 Å². The summed E-state index contributed by atoms with van der Waals surface area (Å²) >= 11 is 0. The van der Waals surface area contributed by atoms with Crippen molar-refractivity contribution in [3.63, 3.8) is 0 Å². The normalized spacial score (nSPS) is 11.3. The summed E-state index contributed by atoms with van der Waals surface area (Å²) in [6.45, 7) is 17.4. The Morgan fingerprint density at radius 1 is 0.652 bits per heavy atom. The molecule has 4 aromatic carbocycles. The van der Waals surface area contributed by atoms with Gasteiger partial charge in [-0.1, -0.05) is 23.7 Å². The van der Waals surface area contributed by atoms with Crippen molar-refractivity contribution in [3.05, 3.63) is 130 Å². The number of nitrogens with zero attached hydrogens (tertiary/aromatic N) is 4. The smallest absolute Gasteiger partial charge is 0.509 e. The summed E-state index contributed by atoms with van der Waals surface area (Å²) in [7, 11) is 0. The van der Waals surface area contributed by atoms with E-state index in [4.69, 9.17) is 14.8 Å².